The number of benzene rings is 1. The fourth-order valence-electron chi connectivity index (χ4n) is 6.71. The molecule has 0 bridgehead atoms. The highest BCUT2D eigenvalue weighted by Crippen LogP contribution is 2.47. The van der Waals surface area contributed by atoms with Gasteiger partial charge in [-0.05, 0) is 86.9 Å². The molecule has 5 atom stereocenters. The van der Waals surface area contributed by atoms with E-state index < -0.39 is 74.5 Å². The summed E-state index contributed by atoms with van der Waals surface area (Å²) in [4.78, 5) is 61.1. The maximum absolute atomic E-state index is 14.5. The molecule has 1 aromatic carbocycles. The Bertz CT molecular complexity index is 1870. The quantitative estimate of drug-likeness (QED) is 0.272. The molecule has 4 aliphatic rings. The summed E-state index contributed by atoms with van der Waals surface area (Å²) >= 11 is 0. The van der Waals surface area contributed by atoms with E-state index in [9.17, 15) is 27.6 Å². The number of fused-ring (bicyclic) bond motifs is 1. The molecule has 2 aromatic rings. The second-order valence-electron chi connectivity index (χ2n) is 16.2. The third-order valence-electron chi connectivity index (χ3n) is 10.6. The van der Waals surface area contributed by atoms with Gasteiger partial charge in [0.2, 0.25) is 17.7 Å². The van der Waals surface area contributed by atoms with E-state index in [1.54, 1.807) is 47.1 Å². The van der Waals surface area contributed by atoms with Gasteiger partial charge in [0, 0.05) is 18.0 Å². The number of aromatic nitrogens is 1. The van der Waals surface area contributed by atoms with Crippen LogP contribution in [0.15, 0.2) is 30.5 Å². The van der Waals surface area contributed by atoms with E-state index in [1.807, 2.05) is 36.8 Å². The predicted octanol–water partition coefficient (Wildman–Crippen LogP) is 3.50. The Labute approximate surface area is 304 Å². The number of pyridine rings is 1. The van der Waals surface area contributed by atoms with Crippen molar-refractivity contribution in [2.45, 2.75) is 121 Å². The van der Waals surface area contributed by atoms with Crippen molar-refractivity contribution in [3.8, 4) is 11.6 Å². The molecular weight excluding hydrogens is 694 g/mol. The summed E-state index contributed by atoms with van der Waals surface area (Å²) in [6.07, 6.45) is 3.38. The molecule has 52 heavy (non-hydrogen) atoms. The smallest absolute Gasteiger partial charge is 0.408 e. The van der Waals surface area contributed by atoms with Gasteiger partial charge in [-0.25, -0.2) is 18.7 Å². The summed E-state index contributed by atoms with van der Waals surface area (Å²) < 4.78 is 50.0. The number of likely N-dealkylation sites (tertiary alicyclic amines) is 1. The standard InChI is InChI=1S/C36H49N5O10S/c1-8-22-19-36(22,31(44)40-52(46,47)51-35(6)14-15-35)39-28(42)26-18-24(49-29-25-10-9-23(48-7)17-21(25)11-16-37-29)20-41(26)30(43)27(33(2,3)4)38-32(45)50-34(5)12-13-34/h9-11,16-17,22,24,26-27H,8,12-15,18-20H2,1-7H3,(H,38,45)(H,39,42)(H,40,44)/t22?,24?,26?,27?,36-/m1/s1. The van der Waals surface area contributed by atoms with E-state index >= 15 is 0 Å². The zero-order chi connectivity index (χ0) is 37.9. The van der Waals surface area contributed by atoms with Crippen LogP contribution in [-0.4, -0.2) is 90.7 Å². The van der Waals surface area contributed by atoms with Gasteiger partial charge >= 0.3 is 16.4 Å². The number of nitrogens with one attached hydrogen (secondary N) is 3. The molecule has 4 fully saturated rings. The van der Waals surface area contributed by atoms with Crippen LogP contribution < -0.4 is 24.8 Å². The SMILES string of the molecule is CCC1C[C@]1(NC(=O)C1CC(Oc2nccc3cc(OC)ccc23)CN1C(=O)C(NC(=O)OC1(C)CC1)C(C)(C)C)C(=O)NS(=O)(=O)OC1(C)CC1. The molecule has 0 radical (unpaired) electrons. The Kier molecular flexibility index (Phi) is 9.64. The third kappa shape index (κ3) is 8.07. The first-order chi connectivity index (χ1) is 24.3. The number of hydrogen-bond acceptors (Lipinski definition) is 11. The first-order valence-corrected chi connectivity index (χ1v) is 19.2. The topological polar surface area (TPSA) is 192 Å². The summed E-state index contributed by atoms with van der Waals surface area (Å²) in [5, 5.41) is 7.07. The lowest BCUT2D eigenvalue weighted by Crippen LogP contribution is -2.60. The molecular formula is C36H49N5O10S. The maximum atomic E-state index is 14.5. The summed E-state index contributed by atoms with van der Waals surface area (Å²) in [5.74, 6) is -1.50. The molecule has 15 nitrogen and oxygen atoms in total. The highest BCUT2D eigenvalue weighted by atomic mass is 32.2. The molecule has 6 rings (SSSR count). The van der Waals surface area contributed by atoms with Crippen molar-refractivity contribution in [3.05, 3.63) is 30.5 Å². The fourth-order valence-corrected chi connectivity index (χ4v) is 7.86. The van der Waals surface area contributed by atoms with E-state index in [4.69, 9.17) is 18.4 Å². The zero-order valence-corrected chi connectivity index (χ0v) is 31.6. The summed E-state index contributed by atoms with van der Waals surface area (Å²) in [6, 6.07) is 5.01. The monoisotopic (exact) mass is 743 g/mol. The normalized spacial score (nSPS) is 26.1. The molecule has 0 spiro atoms. The molecule has 1 aromatic heterocycles. The van der Waals surface area contributed by atoms with Crippen LogP contribution in [0.3, 0.4) is 0 Å². The third-order valence-corrected chi connectivity index (χ3v) is 11.6. The Balaban J connectivity index is 1.26. The van der Waals surface area contributed by atoms with Gasteiger partial charge in [0.15, 0.2) is 0 Å². The minimum Gasteiger partial charge on any atom is -0.497 e. The molecule has 4 amide bonds. The lowest BCUT2D eigenvalue weighted by molar-refractivity contribution is -0.143. The summed E-state index contributed by atoms with van der Waals surface area (Å²) in [5.41, 5.74) is -3.76. The zero-order valence-electron chi connectivity index (χ0n) is 30.7. The van der Waals surface area contributed by atoms with Crippen LogP contribution in [0, 0.1) is 11.3 Å². The van der Waals surface area contributed by atoms with Gasteiger partial charge in [0.25, 0.3) is 5.91 Å². The summed E-state index contributed by atoms with van der Waals surface area (Å²) in [7, 11) is -2.88. The number of ether oxygens (including phenoxy) is 3. The van der Waals surface area contributed by atoms with Crippen molar-refractivity contribution in [3.63, 3.8) is 0 Å². The summed E-state index contributed by atoms with van der Waals surface area (Å²) in [6.45, 7) is 10.6. The van der Waals surface area contributed by atoms with Crippen molar-refractivity contribution in [1.82, 2.24) is 25.2 Å². The minimum absolute atomic E-state index is 0.0272. The van der Waals surface area contributed by atoms with Gasteiger partial charge in [-0.15, -0.1) is 0 Å². The van der Waals surface area contributed by atoms with E-state index in [0.29, 0.717) is 36.3 Å². The molecule has 2 heterocycles. The van der Waals surface area contributed by atoms with Crippen molar-refractivity contribution in [2.24, 2.45) is 11.3 Å². The van der Waals surface area contributed by atoms with Crippen LogP contribution in [0.5, 0.6) is 11.6 Å². The van der Waals surface area contributed by atoms with Crippen LogP contribution in [0.25, 0.3) is 10.8 Å². The van der Waals surface area contributed by atoms with Gasteiger partial charge in [-0.2, -0.15) is 8.42 Å². The first-order valence-electron chi connectivity index (χ1n) is 17.8. The molecule has 3 aliphatic carbocycles. The molecule has 4 unspecified atom stereocenters. The van der Waals surface area contributed by atoms with E-state index in [-0.39, 0.29) is 25.3 Å². The van der Waals surface area contributed by atoms with E-state index in [1.165, 1.54) is 4.90 Å². The number of rotatable bonds is 13. The van der Waals surface area contributed by atoms with Gasteiger partial charge in [-0.3, -0.25) is 14.4 Å². The van der Waals surface area contributed by atoms with Crippen molar-refractivity contribution < 1.29 is 46.0 Å². The molecule has 1 saturated heterocycles. The van der Waals surface area contributed by atoms with Crippen LogP contribution in [0.2, 0.25) is 0 Å². The van der Waals surface area contributed by atoms with Gasteiger partial charge in [0.05, 0.1) is 19.3 Å². The number of nitrogens with zero attached hydrogens (tertiary/aromatic N) is 2. The number of carbonyl (C=O) groups is 4. The maximum Gasteiger partial charge on any atom is 0.408 e. The van der Waals surface area contributed by atoms with E-state index in [2.05, 4.69) is 15.6 Å². The Morgan fingerprint density at radius 3 is 2.35 bits per heavy atom. The second-order valence-corrected chi connectivity index (χ2v) is 17.4. The number of hydrogen-bond donors (Lipinski definition) is 3. The van der Waals surface area contributed by atoms with Crippen LogP contribution in [-0.2, 0) is 33.6 Å². The highest BCUT2D eigenvalue weighted by Gasteiger charge is 2.62. The average Bonchev–Trinajstić information content (AvgIpc) is 4.02. The Morgan fingerprint density at radius 1 is 1.06 bits per heavy atom. The Morgan fingerprint density at radius 2 is 1.75 bits per heavy atom. The fraction of sp³-hybridized carbons (Fsp3) is 0.639. The molecule has 284 valence electrons. The average molecular weight is 744 g/mol. The highest BCUT2D eigenvalue weighted by molar-refractivity contribution is 7.85. The molecule has 3 saturated carbocycles. The van der Waals surface area contributed by atoms with Gasteiger partial charge in [0.1, 0.15) is 35.1 Å². The van der Waals surface area contributed by atoms with Crippen molar-refractivity contribution >= 4 is 44.9 Å². The van der Waals surface area contributed by atoms with Crippen molar-refractivity contribution in [2.75, 3.05) is 13.7 Å². The van der Waals surface area contributed by atoms with Crippen LogP contribution in [0.4, 0.5) is 4.79 Å². The Hall–Kier alpha value is -4.18. The molecule has 16 heteroatoms. The molecule has 1 aliphatic heterocycles. The van der Waals surface area contributed by atoms with Gasteiger partial charge in [-0.1, -0.05) is 34.1 Å². The van der Waals surface area contributed by atoms with E-state index in [0.717, 1.165) is 18.2 Å². The number of amides is 4. The first kappa shape index (κ1) is 37.6. The van der Waals surface area contributed by atoms with Crippen LogP contribution in [0.1, 0.15) is 86.5 Å². The number of carbonyl (C=O) groups excluding carboxylic acids is 4. The number of methoxy groups -OCH3 is 1. The number of alkyl carbamates (subject to hydrolysis) is 1. The largest absolute Gasteiger partial charge is 0.497 e. The minimum atomic E-state index is -4.45. The predicted molar refractivity (Wildman–Crippen MR) is 188 cm³/mol. The van der Waals surface area contributed by atoms with Crippen LogP contribution >= 0.6 is 0 Å². The van der Waals surface area contributed by atoms with Gasteiger partial charge < -0.3 is 29.7 Å². The second kappa shape index (κ2) is 13.3. The van der Waals surface area contributed by atoms with Crippen molar-refractivity contribution in [1.29, 1.82) is 0 Å². The lowest BCUT2D eigenvalue weighted by atomic mass is 9.85. The lowest BCUT2D eigenvalue weighted by Gasteiger charge is -2.35. The molecule has 3 N–H and O–H groups in total.